The average molecular weight is 908 g/mol. The van der Waals surface area contributed by atoms with Crippen molar-refractivity contribution in [1.29, 1.82) is 0 Å². The highest BCUT2D eigenvalue weighted by Gasteiger charge is 2.46. The number of nitrogens with zero attached hydrogens (tertiary/aromatic N) is 3. The number of hydrogen-bond donors (Lipinski definition) is 0. The fraction of sp³-hybridized carbons (Fsp3) is 0.143. The lowest BCUT2D eigenvalue weighted by Gasteiger charge is -2.45. The van der Waals surface area contributed by atoms with Crippen LogP contribution in [0, 0.1) is 0 Å². The maximum Gasteiger partial charge on any atom is 0.252 e. The lowest BCUT2D eigenvalue weighted by Crippen LogP contribution is -2.63. The summed E-state index contributed by atoms with van der Waals surface area (Å²) in [5, 5.41) is 0. The molecule has 0 fully saturated rings. The van der Waals surface area contributed by atoms with Crippen LogP contribution in [-0.4, -0.2) is 13.4 Å². The van der Waals surface area contributed by atoms with E-state index < -0.39 is 0 Å². The summed E-state index contributed by atoms with van der Waals surface area (Å²) < 4.78 is 0. The highest BCUT2D eigenvalue weighted by atomic mass is 32.2. The highest BCUT2D eigenvalue weighted by Crippen LogP contribution is 2.48. The van der Waals surface area contributed by atoms with Crippen molar-refractivity contribution in [2.75, 3.05) is 14.7 Å². The van der Waals surface area contributed by atoms with Gasteiger partial charge in [-0.05, 0) is 130 Å². The zero-order valence-electron chi connectivity index (χ0n) is 40.3. The van der Waals surface area contributed by atoms with Crippen LogP contribution in [0.1, 0.15) is 76.0 Å². The maximum atomic E-state index is 2.61. The van der Waals surface area contributed by atoms with Crippen LogP contribution in [0.4, 0.5) is 51.2 Å². The van der Waals surface area contributed by atoms with Gasteiger partial charge in [-0.2, -0.15) is 0 Å². The molecule has 0 bridgehead atoms. The van der Waals surface area contributed by atoms with E-state index in [0.29, 0.717) is 17.8 Å². The molecule has 3 aliphatic heterocycles. The molecule has 69 heavy (non-hydrogen) atoms. The Kier molecular flexibility index (Phi) is 10.9. The van der Waals surface area contributed by atoms with Crippen molar-refractivity contribution in [3.63, 3.8) is 0 Å². The standard InChI is InChI=1S/C63H55B2N3S/c1-41(2)44-35-50(42(3)4)62(51(36-44)43(5)6)65-53-32-20-22-34-60(53)69-61-40-54-57(39-55(61)65)68(48-29-17-10-18-30-48)59-38-49(66(45-23-11-7-12-24-45)46-25-13-8-14-26-46)37-58-63(59)64(54)52-31-19-21-33-56(52)67(58)47-27-15-9-16-28-47/h7-43H,1-6H3. The van der Waals surface area contributed by atoms with E-state index in [1.807, 2.05) is 11.8 Å². The number of fused-ring (bicyclic) bond motifs is 6. The van der Waals surface area contributed by atoms with E-state index in [4.69, 9.17) is 0 Å². The lowest BCUT2D eigenvalue weighted by atomic mass is 9.31. The first-order chi connectivity index (χ1) is 33.7. The van der Waals surface area contributed by atoms with Gasteiger partial charge in [0.25, 0.3) is 6.71 Å². The summed E-state index contributed by atoms with van der Waals surface area (Å²) in [6.07, 6.45) is 0. The van der Waals surface area contributed by atoms with E-state index in [2.05, 4.69) is 262 Å². The molecule has 0 radical (unpaired) electrons. The van der Waals surface area contributed by atoms with Gasteiger partial charge in [0, 0.05) is 55.3 Å². The second-order valence-electron chi connectivity index (χ2n) is 19.8. The van der Waals surface area contributed by atoms with Crippen molar-refractivity contribution in [3.05, 3.63) is 223 Å². The number of anilines is 9. The molecule has 0 saturated heterocycles. The smallest absolute Gasteiger partial charge is 0.252 e. The number of benzene rings is 9. The van der Waals surface area contributed by atoms with Crippen LogP contribution in [0.3, 0.4) is 0 Å². The number of para-hydroxylation sites is 5. The van der Waals surface area contributed by atoms with E-state index in [1.54, 1.807) is 0 Å². The van der Waals surface area contributed by atoms with Crippen LogP contribution in [0.5, 0.6) is 0 Å². The molecular formula is C63H55B2N3S. The van der Waals surface area contributed by atoms with Crippen LogP contribution in [0.2, 0.25) is 0 Å². The van der Waals surface area contributed by atoms with E-state index >= 15 is 0 Å². The topological polar surface area (TPSA) is 9.72 Å². The predicted molar refractivity (Wildman–Crippen MR) is 299 cm³/mol. The maximum absolute atomic E-state index is 2.61. The summed E-state index contributed by atoms with van der Waals surface area (Å²) >= 11 is 1.95. The van der Waals surface area contributed by atoms with Gasteiger partial charge in [-0.25, -0.2) is 0 Å². The Morgan fingerprint density at radius 2 is 0.841 bits per heavy atom. The molecule has 0 spiro atoms. The minimum atomic E-state index is -0.0265. The third kappa shape index (κ3) is 7.22. The van der Waals surface area contributed by atoms with Gasteiger partial charge in [-0.15, -0.1) is 0 Å². The summed E-state index contributed by atoms with van der Waals surface area (Å²) in [5.74, 6) is 1.15. The molecule has 0 aromatic heterocycles. The summed E-state index contributed by atoms with van der Waals surface area (Å²) in [7, 11) is 0. The van der Waals surface area contributed by atoms with Gasteiger partial charge < -0.3 is 14.7 Å². The Bertz CT molecular complexity index is 3310. The molecule has 9 aromatic carbocycles. The Morgan fingerprint density at radius 1 is 0.362 bits per heavy atom. The Balaban J connectivity index is 1.19. The quantitative estimate of drug-likeness (QED) is 0.133. The summed E-state index contributed by atoms with van der Waals surface area (Å²) in [6.45, 7) is 14.3. The first kappa shape index (κ1) is 43.2. The van der Waals surface area contributed by atoms with Crippen molar-refractivity contribution in [2.45, 2.75) is 69.1 Å². The third-order valence-electron chi connectivity index (χ3n) is 14.6. The first-order valence-electron chi connectivity index (χ1n) is 24.7. The van der Waals surface area contributed by atoms with E-state index in [1.165, 1.54) is 82.0 Å². The molecule has 0 unspecified atom stereocenters. The summed E-state index contributed by atoms with van der Waals surface area (Å²) in [6, 6.07) is 77.3. The van der Waals surface area contributed by atoms with Crippen LogP contribution < -0.4 is 47.5 Å². The van der Waals surface area contributed by atoms with Crippen molar-refractivity contribution in [1.82, 2.24) is 0 Å². The molecule has 334 valence electrons. The van der Waals surface area contributed by atoms with Gasteiger partial charge in [-0.3, -0.25) is 0 Å². The van der Waals surface area contributed by atoms with Crippen molar-refractivity contribution >= 4 is 109 Å². The molecule has 12 rings (SSSR count). The van der Waals surface area contributed by atoms with Crippen molar-refractivity contribution in [3.8, 4) is 0 Å². The average Bonchev–Trinajstić information content (AvgIpc) is 3.38. The van der Waals surface area contributed by atoms with Gasteiger partial charge in [-0.1, -0.05) is 197 Å². The zero-order valence-corrected chi connectivity index (χ0v) is 41.1. The van der Waals surface area contributed by atoms with Crippen molar-refractivity contribution in [2.24, 2.45) is 0 Å². The Hall–Kier alpha value is -7.14. The lowest BCUT2D eigenvalue weighted by molar-refractivity contribution is 0.812. The molecule has 0 aliphatic carbocycles. The monoisotopic (exact) mass is 907 g/mol. The van der Waals surface area contributed by atoms with Gasteiger partial charge >= 0.3 is 0 Å². The number of rotatable bonds is 9. The van der Waals surface area contributed by atoms with Crippen LogP contribution in [0.25, 0.3) is 0 Å². The molecule has 0 amide bonds. The fourth-order valence-electron chi connectivity index (χ4n) is 11.5. The van der Waals surface area contributed by atoms with Crippen molar-refractivity contribution < 1.29 is 0 Å². The van der Waals surface area contributed by atoms with E-state index in [-0.39, 0.29) is 13.4 Å². The largest absolute Gasteiger partial charge is 0.311 e. The van der Waals surface area contributed by atoms with Gasteiger partial charge in [0.15, 0.2) is 0 Å². The minimum Gasteiger partial charge on any atom is -0.311 e. The van der Waals surface area contributed by atoms with Crippen LogP contribution >= 0.6 is 11.8 Å². The van der Waals surface area contributed by atoms with Gasteiger partial charge in [0.05, 0.1) is 5.69 Å². The van der Waals surface area contributed by atoms with E-state index in [0.717, 1.165) is 28.4 Å². The van der Waals surface area contributed by atoms with Gasteiger partial charge in [0.2, 0.25) is 6.71 Å². The normalized spacial score (nSPS) is 13.3. The van der Waals surface area contributed by atoms with Crippen LogP contribution in [-0.2, 0) is 0 Å². The molecule has 3 nitrogen and oxygen atoms in total. The molecule has 3 heterocycles. The summed E-state index contributed by atoms with van der Waals surface area (Å²) in [4.78, 5) is 10.2. The van der Waals surface area contributed by atoms with Gasteiger partial charge in [0.1, 0.15) is 0 Å². The zero-order chi connectivity index (χ0) is 46.9. The molecule has 6 heteroatoms. The van der Waals surface area contributed by atoms with Crippen LogP contribution in [0.15, 0.2) is 216 Å². The van der Waals surface area contributed by atoms with E-state index in [9.17, 15) is 0 Å². The number of hydrogen-bond acceptors (Lipinski definition) is 4. The third-order valence-corrected chi connectivity index (χ3v) is 15.8. The second kappa shape index (κ2) is 17.4. The SMILES string of the molecule is CC(C)c1cc(C(C)C)c(B2c3ccccc3Sc3cc4c(cc32)N(c2ccccc2)c2cc(N(c3ccccc3)c3ccccc3)cc3c2B4c2ccccc2N3c2ccccc2)c(C(C)C)c1. The predicted octanol–water partition coefficient (Wildman–Crippen LogP) is 13.6. The molecule has 3 aliphatic rings. The molecule has 9 aromatic rings. The second-order valence-corrected chi connectivity index (χ2v) is 20.9. The summed E-state index contributed by atoms with van der Waals surface area (Å²) in [5.41, 5.74) is 22.9. The molecule has 0 saturated carbocycles. The minimum absolute atomic E-state index is 0.0265. The fourth-order valence-corrected chi connectivity index (χ4v) is 12.6. The first-order valence-corrected chi connectivity index (χ1v) is 25.6. The Labute approximate surface area is 413 Å². The molecular weight excluding hydrogens is 852 g/mol. The molecule has 0 N–H and O–H groups in total. The highest BCUT2D eigenvalue weighted by molar-refractivity contribution is 8.00. The Morgan fingerprint density at radius 3 is 1.39 bits per heavy atom. The molecule has 0 atom stereocenters.